The molecule has 0 bridgehead atoms. The second-order valence-electron chi connectivity index (χ2n) is 8.81. The number of alkyl halides is 2. The molecule has 0 heterocycles. The molecule has 35 heavy (non-hydrogen) atoms. The second kappa shape index (κ2) is 9.85. The first-order chi connectivity index (χ1) is 16.7. The SMILES string of the molecule is C/C(=C\CNC(=O)C(F)(F)C(NC(=O)OCC1c2ccccc2-c2ccccc21)C1CC1)C(=O)O. The summed E-state index contributed by atoms with van der Waals surface area (Å²) in [6, 6.07) is 13.8. The Balaban J connectivity index is 1.40. The molecule has 4 rings (SSSR count). The molecule has 1 atom stereocenters. The quantitative estimate of drug-likeness (QED) is 0.465. The van der Waals surface area contributed by atoms with Crippen LogP contribution >= 0.6 is 0 Å². The highest BCUT2D eigenvalue weighted by Crippen LogP contribution is 2.44. The van der Waals surface area contributed by atoms with Crippen molar-refractivity contribution in [2.45, 2.75) is 37.6 Å². The number of hydrogen-bond donors (Lipinski definition) is 3. The molecule has 0 saturated heterocycles. The topological polar surface area (TPSA) is 105 Å². The minimum atomic E-state index is -3.89. The average Bonchev–Trinajstić information content (AvgIpc) is 3.63. The number of alkyl carbamates (subject to hydrolysis) is 1. The van der Waals surface area contributed by atoms with Crippen LogP contribution in [0.2, 0.25) is 0 Å². The molecule has 2 amide bonds. The first-order valence-corrected chi connectivity index (χ1v) is 11.4. The van der Waals surface area contributed by atoms with Crippen LogP contribution in [0.4, 0.5) is 13.6 Å². The number of rotatable bonds is 9. The van der Waals surface area contributed by atoms with Gasteiger partial charge in [-0.25, -0.2) is 9.59 Å². The number of carbonyl (C=O) groups is 3. The number of hydrogen-bond acceptors (Lipinski definition) is 4. The number of carboxylic acids is 1. The van der Waals surface area contributed by atoms with Crippen molar-refractivity contribution < 1.29 is 33.0 Å². The van der Waals surface area contributed by atoms with Crippen molar-refractivity contribution in [3.63, 3.8) is 0 Å². The molecule has 0 radical (unpaired) electrons. The molecule has 0 aliphatic heterocycles. The van der Waals surface area contributed by atoms with Gasteiger partial charge in [0.25, 0.3) is 5.91 Å². The van der Waals surface area contributed by atoms with Gasteiger partial charge in [0.05, 0.1) is 0 Å². The molecular weight excluding hydrogens is 458 g/mol. The third-order valence-electron chi connectivity index (χ3n) is 6.41. The van der Waals surface area contributed by atoms with Crippen LogP contribution in [0.15, 0.2) is 60.2 Å². The van der Waals surface area contributed by atoms with Gasteiger partial charge in [-0.3, -0.25) is 4.79 Å². The Morgan fingerprint density at radius 3 is 2.20 bits per heavy atom. The van der Waals surface area contributed by atoms with Crippen molar-refractivity contribution in [3.05, 3.63) is 71.3 Å². The summed E-state index contributed by atoms with van der Waals surface area (Å²) in [5.74, 6) is -7.45. The maximum atomic E-state index is 14.9. The van der Waals surface area contributed by atoms with E-state index >= 15 is 0 Å². The lowest BCUT2D eigenvalue weighted by molar-refractivity contribution is -0.150. The maximum Gasteiger partial charge on any atom is 0.407 e. The molecule has 7 nitrogen and oxygen atoms in total. The fourth-order valence-corrected chi connectivity index (χ4v) is 4.34. The molecule has 2 aromatic carbocycles. The number of ether oxygens (including phenoxy) is 1. The summed E-state index contributed by atoms with van der Waals surface area (Å²) in [7, 11) is 0. The van der Waals surface area contributed by atoms with Gasteiger partial charge in [-0.2, -0.15) is 8.78 Å². The van der Waals surface area contributed by atoms with Gasteiger partial charge in [0, 0.05) is 18.0 Å². The number of amides is 2. The normalized spacial score (nSPS) is 16.1. The molecular formula is C26H26F2N2O5. The molecule has 1 fully saturated rings. The average molecular weight is 484 g/mol. The minimum absolute atomic E-state index is 0.0335. The van der Waals surface area contributed by atoms with E-state index < -0.39 is 35.9 Å². The summed E-state index contributed by atoms with van der Waals surface area (Å²) in [5, 5.41) is 13.1. The van der Waals surface area contributed by atoms with Crippen LogP contribution in [0.1, 0.15) is 36.8 Å². The lowest BCUT2D eigenvalue weighted by Crippen LogP contribution is -2.57. The number of halogens is 2. The first kappa shape index (κ1) is 24.4. The number of nitrogens with one attached hydrogen (secondary N) is 2. The van der Waals surface area contributed by atoms with E-state index in [0.717, 1.165) is 28.3 Å². The number of aliphatic carboxylic acids is 1. The van der Waals surface area contributed by atoms with Crippen LogP contribution in [0, 0.1) is 5.92 Å². The zero-order valence-corrected chi connectivity index (χ0v) is 19.1. The van der Waals surface area contributed by atoms with Crippen LogP contribution in [-0.4, -0.2) is 48.2 Å². The summed E-state index contributed by atoms with van der Waals surface area (Å²) in [6.45, 7) is 0.890. The number of carboxylic acid groups (broad SMARTS) is 1. The van der Waals surface area contributed by atoms with E-state index in [2.05, 4.69) is 5.32 Å². The highest BCUT2D eigenvalue weighted by molar-refractivity contribution is 5.87. The molecule has 2 aliphatic carbocycles. The summed E-state index contributed by atoms with van der Waals surface area (Å²) in [5.41, 5.74) is 4.00. The highest BCUT2D eigenvalue weighted by Gasteiger charge is 2.54. The Bertz CT molecular complexity index is 1130. The second-order valence-corrected chi connectivity index (χ2v) is 8.81. The Hall–Kier alpha value is -3.75. The predicted molar refractivity (Wildman–Crippen MR) is 124 cm³/mol. The fraction of sp³-hybridized carbons (Fsp3) is 0.346. The van der Waals surface area contributed by atoms with Crippen LogP contribution < -0.4 is 10.6 Å². The van der Waals surface area contributed by atoms with Crippen LogP contribution in [0.3, 0.4) is 0 Å². The van der Waals surface area contributed by atoms with Gasteiger partial charge in [-0.05, 0) is 47.9 Å². The van der Waals surface area contributed by atoms with Crippen LogP contribution in [0.25, 0.3) is 11.1 Å². The third kappa shape index (κ3) is 5.18. The van der Waals surface area contributed by atoms with E-state index in [1.54, 1.807) is 0 Å². The van der Waals surface area contributed by atoms with Crippen molar-refractivity contribution in [1.82, 2.24) is 10.6 Å². The Labute approximate surface area is 201 Å². The molecule has 0 spiro atoms. The molecule has 0 aromatic heterocycles. The fourth-order valence-electron chi connectivity index (χ4n) is 4.34. The Morgan fingerprint density at radius 2 is 1.66 bits per heavy atom. The molecule has 1 saturated carbocycles. The maximum absolute atomic E-state index is 14.9. The van der Waals surface area contributed by atoms with E-state index in [1.807, 2.05) is 53.8 Å². The first-order valence-electron chi connectivity index (χ1n) is 11.4. The summed E-state index contributed by atoms with van der Waals surface area (Å²) >= 11 is 0. The molecule has 3 N–H and O–H groups in total. The third-order valence-corrected chi connectivity index (χ3v) is 6.41. The largest absolute Gasteiger partial charge is 0.478 e. The molecule has 2 aliphatic rings. The van der Waals surface area contributed by atoms with E-state index in [0.29, 0.717) is 12.8 Å². The van der Waals surface area contributed by atoms with E-state index in [-0.39, 0.29) is 24.6 Å². The van der Waals surface area contributed by atoms with E-state index in [9.17, 15) is 23.2 Å². The van der Waals surface area contributed by atoms with Gasteiger partial charge >= 0.3 is 18.0 Å². The smallest absolute Gasteiger partial charge is 0.407 e. The zero-order chi connectivity index (χ0) is 25.2. The van der Waals surface area contributed by atoms with Gasteiger partial charge in [0.2, 0.25) is 0 Å². The number of carbonyl (C=O) groups excluding carboxylic acids is 2. The number of benzene rings is 2. The van der Waals surface area contributed by atoms with E-state index in [1.165, 1.54) is 6.92 Å². The Kier molecular flexibility index (Phi) is 6.86. The van der Waals surface area contributed by atoms with Gasteiger partial charge in [0.1, 0.15) is 12.6 Å². The molecule has 184 valence electrons. The van der Waals surface area contributed by atoms with Gasteiger partial charge in [0.15, 0.2) is 0 Å². The van der Waals surface area contributed by atoms with Crippen molar-refractivity contribution in [2.75, 3.05) is 13.2 Å². The van der Waals surface area contributed by atoms with Crippen molar-refractivity contribution in [3.8, 4) is 11.1 Å². The van der Waals surface area contributed by atoms with Crippen molar-refractivity contribution >= 4 is 18.0 Å². The molecule has 1 unspecified atom stereocenters. The monoisotopic (exact) mass is 484 g/mol. The van der Waals surface area contributed by atoms with Gasteiger partial charge < -0.3 is 20.5 Å². The van der Waals surface area contributed by atoms with Gasteiger partial charge in [-0.15, -0.1) is 0 Å². The van der Waals surface area contributed by atoms with Crippen LogP contribution in [0.5, 0.6) is 0 Å². The lowest BCUT2D eigenvalue weighted by atomic mass is 9.98. The van der Waals surface area contributed by atoms with Crippen molar-refractivity contribution in [2.24, 2.45) is 5.92 Å². The standard InChI is InChI=1S/C26H26F2N2O5/c1-15(23(31)32)12-13-29-24(33)26(27,28)22(16-10-11-16)30-25(34)35-14-21-19-8-4-2-6-17(19)18-7-3-5-9-20(18)21/h2-9,12,16,21-22H,10-11,13-14H2,1H3,(H,29,33)(H,30,34)(H,31,32)/b15-12+. The Morgan fingerprint density at radius 1 is 1.09 bits per heavy atom. The summed E-state index contributed by atoms with van der Waals surface area (Å²) < 4.78 is 35.2. The predicted octanol–water partition coefficient (Wildman–Crippen LogP) is 4.09. The molecule has 9 heteroatoms. The summed E-state index contributed by atoms with van der Waals surface area (Å²) in [6.07, 6.45) is 1.02. The zero-order valence-electron chi connectivity index (χ0n) is 19.1. The highest BCUT2D eigenvalue weighted by atomic mass is 19.3. The number of fused-ring (bicyclic) bond motifs is 3. The lowest BCUT2D eigenvalue weighted by Gasteiger charge is -2.26. The minimum Gasteiger partial charge on any atom is -0.478 e. The molecule has 2 aromatic rings. The van der Waals surface area contributed by atoms with Crippen LogP contribution in [-0.2, 0) is 14.3 Å². The van der Waals surface area contributed by atoms with Crippen molar-refractivity contribution in [1.29, 1.82) is 0 Å². The summed E-state index contributed by atoms with van der Waals surface area (Å²) in [4.78, 5) is 35.5. The van der Waals surface area contributed by atoms with Gasteiger partial charge in [-0.1, -0.05) is 54.6 Å². The van der Waals surface area contributed by atoms with E-state index in [4.69, 9.17) is 9.84 Å².